The van der Waals surface area contributed by atoms with Crippen LogP contribution in [0.15, 0.2) is 70.1 Å². The molecule has 3 aromatic rings. The van der Waals surface area contributed by atoms with Gasteiger partial charge in [-0.3, -0.25) is 9.59 Å². The number of hydrogen-bond acceptors (Lipinski definition) is 4. The van der Waals surface area contributed by atoms with Gasteiger partial charge in [-0.15, -0.1) is 0 Å². The Morgan fingerprint density at radius 1 is 0.966 bits per heavy atom. The van der Waals surface area contributed by atoms with Crippen molar-refractivity contribution in [1.82, 2.24) is 14.7 Å². The number of aromatic nitrogens is 2. The number of anilines is 1. The topological polar surface area (TPSA) is 58.4 Å². The summed E-state index contributed by atoms with van der Waals surface area (Å²) in [5.74, 6) is 0.000803. The number of nitrogens with zero attached hydrogens (tertiary/aromatic N) is 4. The van der Waals surface area contributed by atoms with Gasteiger partial charge in [0.05, 0.1) is 17.6 Å². The van der Waals surface area contributed by atoms with Crippen LogP contribution in [-0.4, -0.2) is 46.8 Å². The predicted molar refractivity (Wildman–Crippen MR) is 117 cm³/mol. The molecule has 6 nitrogen and oxygen atoms in total. The monoisotopic (exact) mass is 472 g/mol. The first kappa shape index (κ1) is 19.7. The first-order valence-corrected chi connectivity index (χ1v) is 10.3. The molecular weight excluding hydrogens is 456 g/mol. The summed E-state index contributed by atoms with van der Waals surface area (Å²) >= 11 is 9.77. The molecule has 0 N–H and O–H groups in total. The summed E-state index contributed by atoms with van der Waals surface area (Å²) in [6.07, 6.45) is 1.61. The maximum atomic E-state index is 12.7. The molecule has 4 rings (SSSR count). The Bertz CT molecular complexity index is 1080. The average Bonchev–Trinajstić information content (AvgIpc) is 2.76. The molecule has 0 bridgehead atoms. The van der Waals surface area contributed by atoms with E-state index < -0.39 is 0 Å². The van der Waals surface area contributed by atoms with Crippen LogP contribution >= 0.6 is 27.5 Å². The van der Waals surface area contributed by atoms with Crippen LogP contribution in [0.25, 0.3) is 5.69 Å². The molecule has 0 atom stereocenters. The molecule has 1 aliphatic rings. The van der Waals surface area contributed by atoms with Gasteiger partial charge in [-0.05, 0) is 36.4 Å². The Labute approximate surface area is 181 Å². The van der Waals surface area contributed by atoms with Gasteiger partial charge in [0.2, 0.25) is 0 Å². The lowest BCUT2D eigenvalue weighted by molar-refractivity contribution is 0.0747. The van der Waals surface area contributed by atoms with E-state index in [0.717, 1.165) is 4.47 Å². The fourth-order valence-electron chi connectivity index (χ4n) is 3.32. The van der Waals surface area contributed by atoms with Gasteiger partial charge >= 0.3 is 0 Å². The molecule has 1 saturated heterocycles. The highest BCUT2D eigenvalue weighted by Crippen LogP contribution is 2.23. The fourth-order valence-corrected chi connectivity index (χ4v) is 3.84. The largest absolute Gasteiger partial charge is 0.365 e. The molecule has 0 saturated carbocycles. The van der Waals surface area contributed by atoms with Crippen LogP contribution in [-0.2, 0) is 0 Å². The van der Waals surface area contributed by atoms with Gasteiger partial charge in [0.25, 0.3) is 11.5 Å². The Hall–Kier alpha value is -2.64. The zero-order valence-electron chi connectivity index (χ0n) is 15.5. The molecule has 0 radical (unpaired) electrons. The van der Waals surface area contributed by atoms with Crippen LogP contribution in [0.5, 0.6) is 0 Å². The van der Waals surface area contributed by atoms with Crippen LogP contribution in [0.1, 0.15) is 10.4 Å². The molecule has 2 heterocycles. The summed E-state index contributed by atoms with van der Waals surface area (Å²) < 4.78 is 2.23. The number of hydrogen-bond donors (Lipinski definition) is 0. The standard InChI is InChI=1S/C21H18BrClN4O2/c22-16-8-6-15(7-9-16)20(28)26-12-10-25(11-13-26)18-14-24-27(21(29)19(18)23)17-4-2-1-3-5-17/h1-9,14H,10-13H2. The molecule has 1 fully saturated rings. The highest BCUT2D eigenvalue weighted by Gasteiger charge is 2.24. The molecular formula is C21H18BrClN4O2. The highest BCUT2D eigenvalue weighted by molar-refractivity contribution is 9.10. The Balaban J connectivity index is 1.49. The van der Waals surface area contributed by atoms with Gasteiger partial charge in [-0.2, -0.15) is 9.78 Å². The molecule has 8 heteroatoms. The van der Waals surface area contributed by atoms with Crippen molar-refractivity contribution < 1.29 is 4.79 Å². The first-order valence-electron chi connectivity index (χ1n) is 9.17. The van der Waals surface area contributed by atoms with Gasteiger partial charge < -0.3 is 9.80 Å². The Morgan fingerprint density at radius 3 is 2.28 bits per heavy atom. The molecule has 0 unspecified atom stereocenters. The molecule has 1 aliphatic heterocycles. The van der Waals surface area contributed by atoms with E-state index in [4.69, 9.17) is 11.6 Å². The normalized spacial score (nSPS) is 14.1. The van der Waals surface area contributed by atoms with Crippen molar-refractivity contribution in [2.45, 2.75) is 0 Å². The summed E-state index contributed by atoms with van der Waals surface area (Å²) in [7, 11) is 0. The van der Waals surface area contributed by atoms with E-state index in [0.29, 0.717) is 43.1 Å². The van der Waals surface area contributed by atoms with Gasteiger partial charge in [-0.25, -0.2) is 0 Å². The summed E-state index contributed by atoms with van der Waals surface area (Å²) in [6, 6.07) is 16.5. The third kappa shape index (κ3) is 4.06. The predicted octanol–water partition coefficient (Wildman–Crippen LogP) is 3.61. The maximum Gasteiger partial charge on any atom is 0.292 e. The summed E-state index contributed by atoms with van der Waals surface area (Å²) in [5, 5.41) is 4.42. The van der Waals surface area contributed by atoms with E-state index in [2.05, 4.69) is 21.0 Å². The number of amides is 1. The summed E-state index contributed by atoms with van der Waals surface area (Å²) in [5.41, 5.74) is 1.56. The molecule has 148 valence electrons. The second kappa shape index (κ2) is 8.39. The van der Waals surface area contributed by atoms with E-state index in [-0.39, 0.29) is 16.5 Å². The Morgan fingerprint density at radius 2 is 1.62 bits per heavy atom. The third-order valence-corrected chi connectivity index (χ3v) is 5.78. The highest BCUT2D eigenvalue weighted by atomic mass is 79.9. The second-order valence-electron chi connectivity index (χ2n) is 6.68. The average molecular weight is 474 g/mol. The lowest BCUT2D eigenvalue weighted by Crippen LogP contribution is -2.49. The zero-order valence-corrected chi connectivity index (χ0v) is 17.8. The third-order valence-electron chi connectivity index (χ3n) is 4.90. The Kier molecular flexibility index (Phi) is 5.69. The summed E-state index contributed by atoms with van der Waals surface area (Å²) in [4.78, 5) is 29.2. The van der Waals surface area contributed by atoms with Crippen LogP contribution in [0.3, 0.4) is 0 Å². The van der Waals surface area contributed by atoms with Crippen molar-refractivity contribution in [3.63, 3.8) is 0 Å². The number of piperazine rings is 1. The van der Waals surface area contributed by atoms with Crippen molar-refractivity contribution in [3.05, 3.63) is 86.2 Å². The number of rotatable bonds is 3. The van der Waals surface area contributed by atoms with Crippen molar-refractivity contribution in [2.24, 2.45) is 0 Å². The minimum Gasteiger partial charge on any atom is -0.365 e. The van der Waals surface area contributed by atoms with E-state index >= 15 is 0 Å². The van der Waals surface area contributed by atoms with Crippen molar-refractivity contribution in [3.8, 4) is 5.69 Å². The quantitative estimate of drug-likeness (QED) is 0.583. The van der Waals surface area contributed by atoms with Crippen LogP contribution in [0.2, 0.25) is 5.02 Å². The fraction of sp³-hybridized carbons (Fsp3) is 0.190. The number of carbonyl (C=O) groups is 1. The number of halogens is 2. The van der Waals surface area contributed by atoms with Crippen molar-refractivity contribution >= 4 is 39.1 Å². The second-order valence-corrected chi connectivity index (χ2v) is 7.98. The van der Waals surface area contributed by atoms with Crippen molar-refractivity contribution in [1.29, 1.82) is 0 Å². The van der Waals surface area contributed by atoms with Crippen LogP contribution in [0, 0.1) is 0 Å². The van der Waals surface area contributed by atoms with E-state index in [1.807, 2.05) is 52.3 Å². The van der Waals surface area contributed by atoms with Gasteiger partial charge in [0, 0.05) is 36.2 Å². The number of para-hydroxylation sites is 1. The van der Waals surface area contributed by atoms with E-state index in [1.165, 1.54) is 4.68 Å². The lowest BCUT2D eigenvalue weighted by atomic mass is 10.2. The number of benzene rings is 2. The molecule has 0 aliphatic carbocycles. The van der Waals surface area contributed by atoms with Gasteiger partial charge in [0.15, 0.2) is 0 Å². The summed E-state index contributed by atoms with van der Waals surface area (Å²) in [6.45, 7) is 2.26. The van der Waals surface area contributed by atoms with Crippen molar-refractivity contribution in [2.75, 3.05) is 31.1 Å². The molecule has 1 amide bonds. The van der Waals surface area contributed by atoms with Crippen LogP contribution in [0.4, 0.5) is 5.69 Å². The minimum absolute atomic E-state index is 0.000803. The van der Waals surface area contributed by atoms with Gasteiger partial charge in [0.1, 0.15) is 5.02 Å². The molecule has 1 aromatic heterocycles. The molecule has 2 aromatic carbocycles. The SMILES string of the molecule is O=C(c1ccc(Br)cc1)N1CCN(c2cnn(-c3ccccc3)c(=O)c2Cl)CC1. The van der Waals surface area contributed by atoms with Crippen LogP contribution < -0.4 is 10.5 Å². The molecule has 0 spiro atoms. The zero-order chi connectivity index (χ0) is 20.4. The van der Waals surface area contributed by atoms with E-state index in [9.17, 15) is 9.59 Å². The minimum atomic E-state index is -0.358. The maximum absolute atomic E-state index is 12.7. The van der Waals surface area contributed by atoms with E-state index in [1.54, 1.807) is 18.3 Å². The first-order chi connectivity index (χ1) is 14.0. The smallest absolute Gasteiger partial charge is 0.292 e. The van der Waals surface area contributed by atoms with Gasteiger partial charge in [-0.1, -0.05) is 45.7 Å². The lowest BCUT2D eigenvalue weighted by Gasteiger charge is -2.36. The number of carbonyl (C=O) groups excluding carboxylic acids is 1. The molecule has 29 heavy (non-hydrogen) atoms.